The number of anilines is 1. The van der Waals surface area contributed by atoms with E-state index < -0.39 is 10.0 Å². The molecule has 1 saturated heterocycles. The Morgan fingerprint density at radius 1 is 1.24 bits per heavy atom. The Balaban J connectivity index is 1.72. The lowest BCUT2D eigenvalue weighted by Crippen LogP contribution is -2.39. The van der Waals surface area contributed by atoms with Gasteiger partial charge in [-0.05, 0) is 49.1 Å². The van der Waals surface area contributed by atoms with Crippen molar-refractivity contribution in [2.24, 2.45) is 13.0 Å². The zero-order valence-electron chi connectivity index (χ0n) is 14.3. The first-order valence-electron chi connectivity index (χ1n) is 8.27. The molecule has 1 aromatic carbocycles. The number of carbonyl (C=O) groups is 1. The van der Waals surface area contributed by atoms with Crippen LogP contribution in [0.5, 0.6) is 0 Å². The summed E-state index contributed by atoms with van der Waals surface area (Å²) in [5.41, 5.74) is 0.836. The number of hydrogen-bond donors (Lipinski definition) is 1. The largest absolute Gasteiger partial charge is 0.321 e. The maximum absolute atomic E-state index is 12.7. The molecular formula is C17H22N4O3S. The first kappa shape index (κ1) is 17.6. The Bertz CT molecular complexity index is 858. The summed E-state index contributed by atoms with van der Waals surface area (Å²) in [6.07, 6.45) is 3.63. The molecule has 1 aliphatic heterocycles. The standard InChI is InChI=1S/C17H22N4O3S/c1-13-4-3-10-21(12-13)25(23,24)15-7-5-14(6-8-15)18-17(22)16-9-11-20(2)19-16/h5-9,11,13H,3-4,10,12H2,1-2H3,(H,18,22). The number of nitrogens with zero attached hydrogens (tertiary/aromatic N) is 3. The van der Waals surface area contributed by atoms with Crippen molar-refractivity contribution in [1.82, 2.24) is 14.1 Å². The molecule has 0 spiro atoms. The van der Waals surface area contributed by atoms with E-state index in [1.54, 1.807) is 40.4 Å². The number of hydrogen-bond acceptors (Lipinski definition) is 4. The topological polar surface area (TPSA) is 84.3 Å². The zero-order chi connectivity index (χ0) is 18.0. The van der Waals surface area contributed by atoms with Crippen molar-refractivity contribution in [3.63, 3.8) is 0 Å². The second kappa shape index (κ2) is 6.97. The van der Waals surface area contributed by atoms with E-state index in [9.17, 15) is 13.2 Å². The molecule has 0 saturated carbocycles. The Labute approximate surface area is 147 Å². The molecule has 134 valence electrons. The minimum Gasteiger partial charge on any atom is -0.321 e. The third kappa shape index (κ3) is 3.91. The maximum atomic E-state index is 12.7. The number of amides is 1. The lowest BCUT2D eigenvalue weighted by Gasteiger charge is -2.30. The molecule has 3 rings (SSSR count). The Kier molecular flexibility index (Phi) is 4.91. The van der Waals surface area contributed by atoms with Crippen LogP contribution >= 0.6 is 0 Å². The number of nitrogens with one attached hydrogen (secondary N) is 1. The van der Waals surface area contributed by atoms with Gasteiger partial charge in [-0.15, -0.1) is 0 Å². The van der Waals surface area contributed by atoms with E-state index in [-0.39, 0.29) is 10.8 Å². The van der Waals surface area contributed by atoms with Crippen molar-refractivity contribution >= 4 is 21.6 Å². The minimum absolute atomic E-state index is 0.248. The monoisotopic (exact) mass is 362 g/mol. The third-order valence-corrected chi connectivity index (χ3v) is 6.20. The van der Waals surface area contributed by atoms with E-state index in [4.69, 9.17) is 0 Å². The van der Waals surface area contributed by atoms with Crippen molar-refractivity contribution in [2.75, 3.05) is 18.4 Å². The quantitative estimate of drug-likeness (QED) is 0.903. The zero-order valence-corrected chi connectivity index (χ0v) is 15.2. The maximum Gasteiger partial charge on any atom is 0.276 e. The van der Waals surface area contributed by atoms with Crippen LogP contribution in [0.3, 0.4) is 0 Å². The predicted octanol–water partition coefficient (Wildman–Crippen LogP) is 2.09. The van der Waals surface area contributed by atoms with Gasteiger partial charge in [-0.1, -0.05) is 6.92 Å². The second-order valence-electron chi connectivity index (χ2n) is 6.46. The highest BCUT2D eigenvalue weighted by Gasteiger charge is 2.28. The van der Waals surface area contributed by atoms with Crippen molar-refractivity contribution in [2.45, 2.75) is 24.7 Å². The highest BCUT2D eigenvalue weighted by atomic mass is 32.2. The number of aryl methyl sites for hydroxylation is 1. The van der Waals surface area contributed by atoms with E-state index >= 15 is 0 Å². The van der Waals surface area contributed by atoms with Gasteiger partial charge in [0.2, 0.25) is 10.0 Å². The van der Waals surface area contributed by atoms with Gasteiger partial charge in [0.25, 0.3) is 5.91 Å². The molecule has 7 nitrogen and oxygen atoms in total. The molecule has 1 aromatic heterocycles. The van der Waals surface area contributed by atoms with Crippen LogP contribution < -0.4 is 5.32 Å². The molecule has 1 atom stereocenters. The molecular weight excluding hydrogens is 340 g/mol. The van der Waals surface area contributed by atoms with Gasteiger partial charge >= 0.3 is 0 Å². The molecule has 1 N–H and O–H groups in total. The molecule has 1 unspecified atom stereocenters. The van der Waals surface area contributed by atoms with Crippen LogP contribution in [0.2, 0.25) is 0 Å². The average molecular weight is 362 g/mol. The van der Waals surface area contributed by atoms with E-state index in [1.807, 2.05) is 0 Å². The predicted molar refractivity (Wildman–Crippen MR) is 94.8 cm³/mol. The molecule has 0 radical (unpaired) electrons. The number of sulfonamides is 1. The van der Waals surface area contributed by atoms with Crippen LogP contribution in [-0.2, 0) is 17.1 Å². The molecule has 0 bridgehead atoms. The van der Waals surface area contributed by atoms with Crippen LogP contribution in [0.1, 0.15) is 30.3 Å². The van der Waals surface area contributed by atoms with Gasteiger partial charge in [-0.25, -0.2) is 8.42 Å². The summed E-state index contributed by atoms with van der Waals surface area (Å²) in [5, 5.41) is 6.75. The van der Waals surface area contributed by atoms with E-state index in [1.165, 1.54) is 12.1 Å². The summed E-state index contributed by atoms with van der Waals surface area (Å²) in [5.74, 6) is 0.0431. The molecule has 8 heteroatoms. The Morgan fingerprint density at radius 2 is 1.96 bits per heavy atom. The number of benzene rings is 1. The van der Waals surface area contributed by atoms with Crippen LogP contribution in [0, 0.1) is 5.92 Å². The SMILES string of the molecule is CC1CCCN(S(=O)(=O)c2ccc(NC(=O)c3ccn(C)n3)cc2)C1. The fourth-order valence-electron chi connectivity index (χ4n) is 2.96. The second-order valence-corrected chi connectivity index (χ2v) is 8.40. The number of piperidine rings is 1. The number of carbonyl (C=O) groups excluding carboxylic acids is 1. The summed E-state index contributed by atoms with van der Waals surface area (Å²) in [7, 11) is -1.75. The summed E-state index contributed by atoms with van der Waals surface area (Å²) in [6.45, 7) is 3.18. The Hall–Kier alpha value is -2.19. The lowest BCUT2D eigenvalue weighted by molar-refractivity contribution is 0.102. The fraction of sp³-hybridized carbons (Fsp3) is 0.412. The van der Waals surface area contributed by atoms with Crippen molar-refractivity contribution in [1.29, 1.82) is 0 Å². The van der Waals surface area contributed by atoms with Gasteiger partial charge in [0.05, 0.1) is 4.90 Å². The van der Waals surface area contributed by atoms with Crippen molar-refractivity contribution < 1.29 is 13.2 Å². The van der Waals surface area contributed by atoms with Crippen LogP contribution in [0.4, 0.5) is 5.69 Å². The molecule has 0 aliphatic carbocycles. The van der Waals surface area contributed by atoms with Gasteiger partial charge in [0.15, 0.2) is 5.69 Å². The normalized spacial score (nSPS) is 18.9. The average Bonchev–Trinajstić information content (AvgIpc) is 3.02. The first-order valence-corrected chi connectivity index (χ1v) is 9.71. The summed E-state index contributed by atoms with van der Waals surface area (Å²) in [6, 6.07) is 7.87. The molecule has 2 heterocycles. The number of aromatic nitrogens is 2. The highest BCUT2D eigenvalue weighted by Crippen LogP contribution is 2.24. The van der Waals surface area contributed by atoms with E-state index in [0.717, 1.165) is 12.8 Å². The van der Waals surface area contributed by atoms with Gasteiger partial charge in [0.1, 0.15) is 0 Å². The Morgan fingerprint density at radius 3 is 2.56 bits per heavy atom. The van der Waals surface area contributed by atoms with Gasteiger partial charge in [-0.2, -0.15) is 9.40 Å². The molecule has 1 amide bonds. The molecule has 1 fully saturated rings. The summed E-state index contributed by atoms with van der Waals surface area (Å²) >= 11 is 0. The van der Waals surface area contributed by atoms with Gasteiger partial charge in [-0.3, -0.25) is 9.48 Å². The van der Waals surface area contributed by atoms with Crippen LogP contribution in [0.15, 0.2) is 41.4 Å². The van der Waals surface area contributed by atoms with Crippen molar-refractivity contribution in [3.8, 4) is 0 Å². The summed E-state index contributed by atoms with van der Waals surface area (Å²) in [4.78, 5) is 12.3. The first-order chi connectivity index (χ1) is 11.9. The smallest absolute Gasteiger partial charge is 0.276 e. The van der Waals surface area contributed by atoms with Crippen LogP contribution in [0.25, 0.3) is 0 Å². The molecule has 25 heavy (non-hydrogen) atoms. The van der Waals surface area contributed by atoms with Crippen molar-refractivity contribution in [3.05, 3.63) is 42.2 Å². The molecule has 1 aliphatic rings. The lowest BCUT2D eigenvalue weighted by atomic mass is 10.0. The van der Waals surface area contributed by atoms with Gasteiger partial charge < -0.3 is 5.32 Å². The van der Waals surface area contributed by atoms with Gasteiger partial charge in [0, 0.05) is 32.0 Å². The fourth-order valence-corrected chi connectivity index (χ4v) is 4.55. The number of rotatable bonds is 4. The van der Waals surface area contributed by atoms with E-state index in [2.05, 4.69) is 17.3 Å². The highest BCUT2D eigenvalue weighted by molar-refractivity contribution is 7.89. The van der Waals surface area contributed by atoms with E-state index in [0.29, 0.717) is 30.4 Å². The summed E-state index contributed by atoms with van der Waals surface area (Å²) < 4.78 is 28.5. The minimum atomic E-state index is -3.48. The third-order valence-electron chi connectivity index (χ3n) is 4.32. The van der Waals surface area contributed by atoms with Crippen LogP contribution in [-0.4, -0.2) is 41.5 Å². The molecule has 2 aromatic rings.